The zero-order valence-electron chi connectivity index (χ0n) is 14.4. The van der Waals surface area contributed by atoms with E-state index >= 15 is 0 Å². The van der Waals surface area contributed by atoms with E-state index in [0.717, 1.165) is 40.3 Å². The highest BCUT2D eigenvalue weighted by molar-refractivity contribution is 8.14. The predicted molar refractivity (Wildman–Crippen MR) is 103 cm³/mol. The molecule has 2 aromatic heterocycles. The number of nitrogens with zero attached hydrogens (tertiary/aromatic N) is 4. The van der Waals surface area contributed by atoms with Crippen molar-refractivity contribution in [2.24, 2.45) is 17.9 Å². The lowest BCUT2D eigenvalue weighted by Crippen LogP contribution is -2.31. The van der Waals surface area contributed by atoms with Gasteiger partial charge in [0.25, 0.3) is 0 Å². The number of rotatable bonds is 5. The van der Waals surface area contributed by atoms with E-state index in [4.69, 9.17) is 15.1 Å². The quantitative estimate of drug-likeness (QED) is 0.746. The molecule has 0 spiro atoms. The summed E-state index contributed by atoms with van der Waals surface area (Å²) in [6.45, 7) is 1.08. The van der Waals surface area contributed by atoms with Crippen molar-refractivity contribution < 1.29 is 9.21 Å². The van der Waals surface area contributed by atoms with E-state index < -0.39 is 0 Å². The van der Waals surface area contributed by atoms with Crippen LogP contribution in [0.15, 0.2) is 46.1 Å². The summed E-state index contributed by atoms with van der Waals surface area (Å²) >= 11 is 1.27. The second kappa shape index (κ2) is 6.97. The number of aryl methyl sites for hydroxylation is 1. The summed E-state index contributed by atoms with van der Waals surface area (Å²) in [5.41, 5.74) is 9.27. The monoisotopic (exact) mass is 369 g/mol. The second-order valence-corrected chi connectivity index (χ2v) is 6.97. The molecule has 8 heteroatoms. The molecule has 26 heavy (non-hydrogen) atoms. The molecule has 3 heterocycles. The molecule has 134 valence electrons. The molecule has 4 rings (SSSR count). The Bertz CT molecular complexity index is 977. The standard InChI is InChI=1S/C18H19N5O2S/c1-22-15-6-5-12(10-13(15)20-17(22)16-4-2-9-25-16)14-11-26-18(24)23(21-14)8-3-7-19/h2,4-6,9-10H,3,7-8,11,19H2,1H3. The second-order valence-electron chi connectivity index (χ2n) is 6.04. The summed E-state index contributed by atoms with van der Waals surface area (Å²) in [4.78, 5) is 16.7. The first-order valence-corrected chi connectivity index (χ1v) is 9.38. The van der Waals surface area contributed by atoms with Crippen molar-refractivity contribution in [3.63, 3.8) is 0 Å². The van der Waals surface area contributed by atoms with Crippen LogP contribution in [-0.4, -0.2) is 44.4 Å². The third kappa shape index (κ3) is 3.02. The minimum absolute atomic E-state index is 0.0266. The number of imidazole rings is 1. The van der Waals surface area contributed by atoms with Crippen LogP contribution in [0.25, 0.3) is 22.6 Å². The third-order valence-corrected chi connectivity index (χ3v) is 5.19. The highest BCUT2D eigenvalue weighted by Gasteiger charge is 2.22. The van der Waals surface area contributed by atoms with Crippen LogP contribution >= 0.6 is 11.8 Å². The van der Waals surface area contributed by atoms with Crippen molar-refractivity contribution >= 4 is 33.7 Å². The number of carbonyl (C=O) groups excluding carboxylic acids is 1. The smallest absolute Gasteiger partial charge is 0.302 e. The maximum Gasteiger partial charge on any atom is 0.302 e. The van der Waals surface area contributed by atoms with E-state index in [2.05, 4.69) is 5.10 Å². The summed E-state index contributed by atoms with van der Waals surface area (Å²) in [6, 6.07) is 9.80. The number of thioether (sulfide) groups is 1. The van der Waals surface area contributed by atoms with Gasteiger partial charge in [0.1, 0.15) is 0 Å². The van der Waals surface area contributed by atoms with Gasteiger partial charge in [0.2, 0.25) is 0 Å². The van der Waals surface area contributed by atoms with Gasteiger partial charge in [-0.3, -0.25) is 4.79 Å². The molecule has 0 radical (unpaired) electrons. The Morgan fingerprint density at radius 2 is 2.23 bits per heavy atom. The van der Waals surface area contributed by atoms with Crippen molar-refractivity contribution in [1.82, 2.24) is 14.6 Å². The lowest BCUT2D eigenvalue weighted by Gasteiger charge is -2.22. The lowest BCUT2D eigenvalue weighted by molar-refractivity contribution is 0.224. The number of hydrazone groups is 1. The molecule has 7 nitrogen and oxygen atoms in total. The van der Waals surface area contributed by atoms with E-state index in [1.807, 2.05) is 41.9 Å². The molecular formula is C18H19N5O2S. The van der Waals surface area contributed by atoms with E-state index in [1.165, 1.54) is 16.8 Å². The summed E-state index contributed by atoms with van der Waals surface area (Å²) in [7, 11) is 1.97. The van der Waals surface area contributed by atoms with Gasteiger partial charge in [-0.25, -0.2) is 9.99 Å². The van der Waals surface area contributed by atoms with Gasteiger partial charge in [-0.1, -0.05) is 17.8 Å². The largest absolute Gasteiger partial charge is 0.461 e. The Kier molecular flexibility index (Phi) is 4.52. The number of aromatic nitrogens is 2. The van der Waals surface area contributed by atoms with Crippen molar-refractivity contribution in [3.05, 3.63) is 42.2 Å². The summed E-state index contributed by atoms with van der Waals surface area (Å²) < 4.78 is 7.48. The van der Waals surface area contributed by atoms with Gasteiger partial charge in [-0.05, 0) is 37.2 Å². The van der Waals surface area contributed by atoms with Gasteiger partial charge in [0, 0.05) is 24.9 Å². The van der Waals surface area contributed by atoms with Crippen molar-refractivity contribution in [1.29, 1.82) is 0 Å². The van der Waals surface area contributed by atoms with Crippen molar-refractivity contribution in [2.45, 2.75) is 6.42 Å². The van der Waals surface area contributed by atoms with Gasteiger partial charge in [0.15, 0.2) is 11.6 Å². The van der Waals surface area contributed by atoms with Gasteiger partial charge in [-0.2, -0.15) is 5.10 Å². The van der Waals surface area contributed by atoms with Crippen molar-refractivity contribution in [2.75, 3.05) is 18.8 Å². The Morgan fingerprint density at radius 1 is 1.35 bits per heavy atom. The van der Waals surface area contributed by atoms with Crippen LogP contribution in [0, 0.1) is 0 Å². The Balaban J connectivity index is 1.70. The zero-order chi connectivity index (χ0) is 18.1. The average Bonchev–Trinajstić information content (AvgIpc) is 3.29. The number of benzene rings is 1. The van der Waals surface area contributed by atoms with Gasteiger partial charge < -0.3 is 14.7 Å². The van der Waals surface area contributed by atoms with Crippen LogP contribution in [-0.2, 0) is 7.05 Å². The molecule has 2 N–H and O–H groups in total. The number of fused-ring (bicyclic) bond motifs is 1. The fraction of sp³-hybridized carbons (Fsp3) is 0.278. The fourth-order valence-corrected chi connectivity index (χ4v) is 3.71. The summed E-state index contributed by atoms with van der Waals surface area (Å²) in [5.74, 6) is 2.07. The first-order valence-electron chi connectivity index (χ1n) is 8.40. The Hall–Kier alpha value is -2.58. The van der Waals surface area contributed by atoms with Crippen LogP contribution in [0.1, 0.15) is 12.0 Å². The van der Waals surface area contributed by atoms with Gasteiger partial charge in [0.05, 0.1) is 23.0 Å². The number of amides is 1. The molecule has 0 saturated carbocycles. The molecule has 0 bridgehead atoms. The lowest BCUT2D eigenvalue weighted by atomic mass is 10.1. The number of nitrogens with two attached hydrogens (primary N) is 1. The molecule has 1 amide bonds. The highest BCUT2D eigenvalue weighted by atomic mass is 32.2. The highest BCUT2D eigenvalue weighted by Crippen LogP contribution is 2.26. The van der Waals surface area contributed by atoms with Gasteiger partial charge in [-0.15, -0.1) is 0 Å². The number of hydrogen-bond donors (Lipinski definition) is 1. The maximum absolute atomic E-state index is 12.0. The molecule has 0 saturated heterocycles. The number of carbonyl (C=O) groups is 1. The van der Waals surface area contributed by atoms with E-state index in [9.17, 15) is 4.79 Å². The molecule has 1 aliphatic rings. The van der Waals surface area contributed by atoms with E-state index in [0.29, 0.717) is 18.8 Å². The maximum atomic E-state index is 12.0. The Morgan fingerprint density at radius 3 is 3.00 bits per heavy atom. The number of furan rings is 1. The molecule has 1 aromatic carbocycles. The number of hydrogen-bond acceptors (Lipinski definition) is 6. The van der Waals surface area contributed by atoms with Crippen LogP contribution in [0.4, 0.5) is 4.79 Å². The molecule has 0 fully saturated rings. The molecular weight excluding hydrogens is 350 g/mol. The summed E-state index contributed by atoms with van der Waals surface area (Å²) in [6.07, 6.45) is 2.37. The Labute approximate surface area is 154 Å². The first kappa shape index (κ1) is 16.9. The molecule has 0 aliphatic carbocycles. The third-order valence-electron chi connectivity index (χ3n) is 4.31. The molecule has 1 aliphatic heterocycles. The van der Waals surface area contributed by atoms with E-state index in [1.54, 1.807) is 6.26 Å². The minimum Gasteiger partial charge on any atom is -0.461 e. The van der Waals surface area contributed by atoms with Crippen molar-refractivity contribution in [3.8, 4) is 11.6 Å². The normalized spacial score (nSPS) is 14.9. The van der Waals surface area contributed by atoms with Crippen LogP contribution in [0.2, 0.25) is 0 Å². The molecule has 0 unspecified atom stereocenters. The fourth-order valence-electron chi connectivity index (χ4n) is 2.95. The van der Waals surface area contributed by atoms with Gasteiger partial charge >= 0.3 is 5.24 Å². The zero-order valence-corrected chi connectivity index (χ0v) is 15.2. The predicted octanol–water partition coefficient (Wildman–Crippen LogP) is 3.06. The molecule has 0 atom stereocenters. The SMILES string of the molecule is Cn1c(-c2ccco2)nc2cc(C3=NN(CCCN)C(=O)SC3)ccc21. The first-order chi connectivity index (χ1) is 12.7. The van der Waals surface area contributed by atoms with Crippen LogP contribution in [0.5, 0.6) is 0 Å². The summed E-state index contributed by atoms with van der Waals surface area (Å²) in [5, 5.41) is 6.01. The van der Waals surface area contributed by atoms with Crippen LogP contribution in [0.3, 0.4) is 0 Å². The average molecular weight is 369 g/mol. The topological polar surface area (TPSA) is 89.7 Å². The van der Waals surface area contributed by atoms with E-state index in [-0.39, 0.29) is 5.24 Å². The molecule has 3 aromatic rings. The van der Waals surface area contributed by atoms with Crippen LogP contribution < -0.4 is 5.73 Å². The minimum atomic E-state index is -0.0266.